The number of amides is 1. The smallest absolute Gasteiger partial charge is 0.355 e. The van der Waals surface area contributed by atoms with Gasteiger partial charge in [0.1, 0.15) is 29.8 Å². The van der Waals surface area contributed by atoms with Crippen LogP contribution in [0.3, 0.4) is 0 Å². The molecular formula is C55H66N6O16. The van der Waals surface area contributed by atoms with Crippen LogP contribution in [0.25, 0.3) is 6.08 Å². The van der Waals surface area contributed by atoms with Crippen LogP contribution < -0.4 is 21.1 Å². The van der Waals surface area contributed by atoms with Crippen molar-refractivity contribution >= 4 is 29.6 Å². The Kier molecular flexibility index (Phi) is 14.3. The number of aliphatic imine (C=N–C) groups is 1. The lowest BCUT2D eigenvalue weighted by molar-refractivity contribution is -0.422. The molecule has 4 aromatic rings. The zero-order valence-corrected chi connectivity index (χ0v) is 42.0. The number of aliphatic hydroxyl groups is 7. The summed E-state index contributed by atoms with van der Waals surface area (Å²) in [6.07, 6.45) is 2.24. The van der Waals surface area contributed by atoms with Crippen LogP contribution in [0.5, 0.6) is 28.7 Å². The van der Waals surface area contributed by atoms with Crippen LogP contribution in [-0.4, -0.2) is 151 Å². The van der Waals surface area contributed by atoms with Gasteiger partial charge in [-0.25, -0.2) is 9.78 Å². The zero-order valence-electron chi connectivity index (χ0n) is 42.0. The van der Waals surface area contributed by atoms with E-state index >= 15 is 9.59 Å². The summed E-state index contributed by atoms with van der Waals surface area (Å²) in [6, 6.07) is 10.7. The highest BCUT2D eigenvalue weighted by molar-refractivity contribution is 6.14. The van der Waals surface area contributed by atoms with Crippen LogP contribution in [0.4, 0.5) is 5.69 Å². The Bertz CT molecular complexity index is 3000. The van der Waals surface area contributed by atoms with Gasteiger partial charge in [-0.05, 0) is 117 Å². The highest BCUT2D eigenvalue weighted by Crippen LogP contribution is 2.73. The van der Waals surface area contributed by atoms with Gasteiger partial charge in [-0.15, -0.1) is 0 Å². The van der Waals surface area contributed by atoms with Gasteiger partial charge in [-0.3, -0.25) is 14.7 Å². The first kappa shape index (κ1) is 53.6. The lowest BCUT2D eigenvalue weighted by Crippen LogP contribution is -2.67. The predicted octanol–water partition coefficient (Wildman–Crippen LogP) is 1.58. The van der Waals surface area contributed by atoms with Crippen molar-refractivity contribution in [2.24, 2.45) is 46.0 Å². The van der Waals surface area contributed by atoms with Crippen LogP contribution in [0, 0.1) is 29.6 Å². The summed E-state index contributed by atoms with van der Waals surface area (Å²) in [5, 5.41) is 138. The largest absolute Gasteiger partial charge is 0.508 e. The molecule has 3 fully saturated rings. The molecule has 0 bridgehead atoms. The maximum atomic E-state index is 15.6. The van der Waals surface area contributed by atoms with Gasteiger partial charge in [0.2, 0.25) is 5.75 Å². The molecule has 0 spiro atoms. The number of rotatable bonds is 14. The molecule has 10 rings (SSSR count). The molecule has 3 heterocycles. The molecule has 412 valence electrons. The van der Waals surface area contributed by atoms with Gasteiger partial charge in [0, 0.05) is 77.5 Å². The summed E-state index contributed by atoms with van der Waals surface area (Å²) in [7, 11) is 0. The normalized spacial score (nSPS) is 33.4. The van der Waals surface area contributed by atoms with E-state index < -0.39 is 113 Å². The highest BCUT2D eigenvalue weighted by atomic mass is 16.8. The number of allylic oxidation sites excluding steroid dienone is 1. The number of fused-ring (bicyclic) bond motifs is 6. The predicted molar refractivity (Wildman–Crippen MR) is 274 cm³/mol. The number of carbonyl (C=O) groups is 2. The molecule has 6 aliphatic rings. The number of hydrogen-bond donors (Lipinski definition) is 15. The topological polar surface area (TPSA) is 392 Å². The number of aromatic hydroxyl groups is 4. The minimum absolute atomic E-state index is 0.0486. The Hall–Kier alpha value is -6.76. The number of carboxylic acids is 1. The monoisotopic (exact) mass is 1070 g/mol. The van der Waals surface area contributed by atoms with E-state index in [4.69, 9.17) is 20.9 Å². The van der Waals surface area contributed by atoms with E-state index in [0.717, 1.165) is 22.6 Å². The number of carbonyl (C=O) groups excluding carboxylic acids is 1. The highest BCUT2D eigenvalue weighted by Gasteiger charge is 2.72. The summed E-state index contributed by atoms with van der Waals surface area (Å²) in [5.74, 6) is -13.6. The lowest BCUT2D eigenvalue weighted by atomic mass is 9.44. The standard InChI is InChI=1S/C55H66N6O16/c56-52(57)59-16-15-27-9-10-29(19-38(27)66)34-21-53(51(73)74)45(44(34)54-31(4-2-5-32(54)23-62)12-11-28-3-1-6-37(65)43(28)54)42-35(20-39(46(68)48(42)70)76-55(75)50(72)49(71)47(69)40(24-63)77-55)61(53)41(67)14-8-26-7-13-36(64)30(17-26)18-33-22-58-25-60-33/h1,3,6-8,13-14,17,20-22,25,27,29,31-32,38,40,44-45,47,49-50,62-66,68-72,75H,2,4-5,9-12,15-16,18-19,23-24H2,(H,58,60)(H,73,74)(H4,56,57,59)/b14-8+/t27-,29+,31-,32-,38-,40-,44-,45+,47-,49+,50-,53-,54+,55+/m1/s1. The summed E-state index contributed by atoms with van der Waals surface area (Å²) >= 11 is 0. The van der Waals surface area contributed by atoms with Crippen LogP contribution in [0.2, 0.25) is 0 Å². The van der Waals surface area contributed by atoms with Gasteiger partial charge in [0.05, 0.1) is 24.7 Å². The second kappa shape index (κ2) is 20.6. The van der Waals surface area contributed by atoms with Crippen molar-refractivity contribution < 1.29 is 80.3 Å². The minimum Gasteiger partial charge on any atom is -0.508 e. The maximum Gasteiger partial charge on any atom is 0.355 e. The number of carboxylic acid groups (broad SMARTS) is 1. The fraction of sp³-hybridized carbons (Fsp3) is 0.491. The average Bonchev–Trinajstić information content (AvgIpc) is 4.18. The molecule has 22 heteroatoms. The zero-order chi connectivity index (χ0) is 54.9. The van der Waals surface area contributed by atoms with Crippen LogP contribution in [-0.2, 0) is 32.6 Å². The molecular weight excluding hydrogens is 1000 g/mol. The first-order valence-electron chi connectivity index (χ1n) is 26.1. The number of ether oxygens (including phenoxy) is 2. The van der Waals surface area contributed by atoms with Crippen LogP contribution in [0.15, 0.2) is 77.7 Å². The number of aliphatic carboxylic acids is 1. The average molecular weight is 1070 g/mol. The van der Waals surface area contributed by atoms with Gasteiger partial charge in [-0.2, -0.15) is 0 Å². The maximum absolute atomic E-state index is 15.6. The third-order valence-corrected chi connectivity index (χ3v) is 17.7. The van der Waals surface area contributed by atoms with E-state index in [-0.39, 0.29) is 59.9 Å². The minimum atomic E-state index is -3.35. The number of H-pyrrole nitrogens is 1. The van der Waals surface area contributed by atoms with Crippen molar-refractivity contribution in [2.45, 2.75) is 118 Å². The first-order chi connectivity index (χ1) is 36.8. The third-order valence-electron chi connectivity index (χ3n) is 17.7. The molecule has 1 amide bonds. The van der Waals surface area contributed by atoms with E-state index in [1.807, 2.05) is 6.07 Å². The van der Waals surface area contributed by atoms with E-state index in [9.17, 15) is 61.3 Å². The van der Waals surface area contributed by atoms with Crippen molar-refractivity contribution in [2.75, 3.05) is 24.7 Å². The number of aromatic amines is 1. The first-order valence-corrected chi connectivity index (χ1v) is 26.1. The lowest BCUT2D eigenvalue weighted by Gasteiger charge is -2.59. The number of nitrogens with one attached hydrogen (secondary N) is 1. The number of aliphatic hydroxyl groups excluding tert-OH is 6. The van der Waals surface area contributed by atoms with Crippen molar-refractivity contribution in [1.82, 2.24) is 9.97 Å². The second-order valence-corrected chi connectivity index (χ2v) is 21.6. The van der Waals surface area contributed by atoms with E-state index in [2.05, 4.69) is 15.0 Å². The van der Waals surface area contributed by atoms with Crippen molar-refractivity contribution in [3.8, 4) is 28.7 Å². The SMILES string of the molecule is NC(N)=NCC[C@H]1CC[C@H](C2=C[C@]3(C(=O)O)[C@@H](c4c(cc(O[C@]5(O)O[C@H](CO)[C@@H](O)[C@H](O)[C@H]5O)c(O)c4O)N3C(=O)/C=C/c3ccc(O)c(Cc4cnc[nH]4)c3)[C@@H]2[C@@]23c4c(O)cccc4CC[C@H]2CCC[C@@H]3CO)C[C@H]1O. The van der Waals surface area contributed by atoms with Gasteiger partial charge in [-0.1, -0.05) is 30.2 Å². The van der Waals surface area contributed by atoms with Crippen LogP contribution in [0.1, 0.15) is 90.8 Å². The number of hydrogen-bond acceptors (Lipinski definition) is 17. The Balaban J connectivity index is 1.20. The van der Waals surface area contributed by atoms with Gasteiger partial charge >= 0.3 is 11.9 Å². The van der Waals surface area contributed by atoms with E-state index in [0.29, 0.717) is 79.3 Å². The molecule has 0 radical (unpaired) electrons. The molecule has 22 nitrogen and oxygen atoms in total. The molecule has 77 heavy (non-hydrogen) atoms. The summed E-state index contributed by atoms with van der Waals surface area (Å²) < 4.78 is 11.1. The summed E-state index contributed by atoms with van der Waals surface area (Å²) in [5.41, 5.74) is 10.1. The van der Waals surface area contributed by atoms with Crippen molar-refractivity contribution in [3.63, 3.8) is 0 Å². The fourth-order valence-electron chi connectivity index (χ4n) is 14.4. The number of phenolic OH excluding ortho intramolecular Hbond substituents is 4. The number of anilines is 1. The van der Waals surface area contributed by atoms with Crippen LogP contribution >= 0.6 is 0 Å². The summed E-state index contributed by atoms with van der Waals surface area (Å²) in [6.45, 7) is -1.15. The number of aryl methyl sites for hydroxylation is 1. The van der Waals surface area contributed by atoms with E-state index in [1.165, 1.54) is 30.6 Å². The Morgan fingerprint density at radius 2 is 1.73 bits per heavy atom. The van der Waals surface area contributed by atoms with Crippen molar-refractivity contribution in [3.05, 3.63) is 106 Å². The molecule has 0 unspecified atom stereocenters. The molecule has 1 saturated heterocycles. The number of guanidine groups is 1. The number of imidazole rings is 1. The molecule has 3 aromatic carbocycles. The number of nitrogens with zero attached hydrogens (tertiary/aromatic N) is 3. The number of benzene rings is 3. The van der Waals surface area contributed by atoms with Gasteiger partial charge in [0.15, 0.2) is 29.1 Å². The van der Waals surface area contributed by atoms with Gasteiger partial charge < -0.3 is 87.2 Å². The molecule has 14 atom stereocenters. The van der Waals surface area contributed by atoms with E-state index in [1.54, 1.807) is 24.4 Å². The fourth-order valence-corrected chi connectivity index (χ4v) is 14.4. The molecule has 17 N–H and O–H groups in total. The Morgan fingerprint density at radius 1 is 0.935 bits per heavy atom. The van der Waals surface area contributed by atoms with Crippen molar-refractivity contribution in [1.29, 1.82) is 0 Å². The quantitative estimate of drug-likeness (QED) is 0.0213. The third kappa shape index (κ3) is 8.74. The molecule has 4 aliphatic carbocycles. The number of nitrogens with two attached hydrogens (primary N) is 2. The van der Waals surface area contributed by atoms with Gasteiger partial charge in [0.25, 0.3) is 5.91 Å². The summed E-state index contributed by atoms with van der Waals surface area (Å²) in [4.78, 5) is 42.8. The number of aromatic nitrogens is 2. The molecule has 2 aliphatic heterocycles. The Morgan fingerprint density at radius 3 is 2.43 bits per heavy atom. The number of phenols is 4. The second-order valence-electron chi connectivity index (χ2n) is 21.6. The Labute approximate surface area is 441 Å². The molecule has 2 saturated carbocycles. The molecule has 1 aromatic heterocycles.